The first-order valence-electron chi connectivity index (χ1n) is 5.10. The number of hydrogen-bond donors (Lipinski definition) is 2. The minimum atomic E-state index is -0.612. The van der Waals surface area contributed by atoms with Crippen LogP contribution in [0.15, 0.2) is 0 Å². The van der Waals surface area contributed by atoms with E-state index in [1.165, 1.54) is 4.68 Å². The van der Waals surface area contributed by atoms with E-state index in [9.17, 15) is 9.59 Å². The minimum Gasteiger partial charge on any atom is -0.460 e. The molecule has 4 N–H and O–H groups in total. The summed E-state index contributed by atoms with van der Waals surface area (Å²) in [6.07, 6.45) is 0. The van der Waals surface area contributed by atoms with Crippen molar-refractivity contribution < 1.29 is 14.3 Å². The highest BCUT2D eigenvalue weighted by molar-refractivity contribution is 5.94. The van der Waals surface area contributed by atoms with Crippen molar-refractivity contribution in [2.75, 3.05) is 12.3 Å². The highest BCUT2D eigenvalue weighted by atomic mass is 16.5. The van der Waals surface area contributed by atoms with E-state index in [0.717, 1.165) is 0 Å². The molecule has 17 heavy (non-hydrogen) atoms. The number of hydrogen-bond acceptors (Lipinski definition) is 5. The first kappa shape index (κ1) is 13.0. The molecule has 0 spiro atoms. The maximum Gasteiger partial charge on any atom is 0.358 e. The Morgan fingerprint density at radius 1 is 1.53 bits per heavy atom. The quantitative estimate of drug-likeness (QED) is 0.694. The van der Waals surface area contributed by atoms with Crippen molar-refractivity contribution in [3.63, 3.8) is 0 Å². The molecule has 0 radical (unpaired) electrons. The van der Waals surface area contributed by atoms with Crippen LogP contribution in [0.25, 0.3) is 0 Å². The summed E-state index contributed by atoms with van der Waals surface area (Å²) in [6, 6.07) is 0. The van der Waals surface area contributed by atoms with Crippen molar-refractivity contribution in [2.24, 2.45) is 18.7 Å². The van der Waals surface area contributed by atoms with Crippen LogP contribution in [-0.4, -0.2) is 28.3 Å². The summed E-state index contributed by atoms with van der Waals surface area (Å²) in [7, 11) is 1.59. The molecule has 7 nitrogen and oxygen atoms in total. The van der Waals surface area contributed by atoms with Crippen LogP contribution >= 0.6 is 0 Å². The van der Waals surface area contributed by atoms with Gasteiger partial charge in [0.15, 0.2) is 5.69 Å². The van der Waals surface area contributed by atoms with E-state index in [-0.39, 0.29) is 18.0 Å². The lowest BCUT2D eigenvalue weighted by molar-refractivity contribution is -0.122. The molecule has 0 fully saturated rings. The molecule has 0 bridgehead atoms. The summed E-state index contributed by atoms with van der Waals surface area (Å²) in [5.74, 6) is -1.67. The van der Waals surface area contributed by atoms with Gasteiger partial charge in [-0.25, -0.2) is 4.79 Å². The van der Waals surface area contributed by atoms with Crippen molar-refractivity contribution in [2.45, 2.75) is 13.8 Å². The standard InChI is InChI=1S/C10H16N4O3/c1-5(9(12)15)4-17-10(16)8-7(11)6(2)13-14(8)3/h5H,4,11H2,1-3H3,(H2,12,15). The number of aromatic nitrogens is 2. The average molecular weight is 240 g/mol. The normalized spacial score (nSPS) is 12.2. The Kier molecular flexibility index (Phi) is 3.72. The molecule has 0 aliphatic heterocycles. The summed E-state index contributed by atoms with van der Waals surface area (Å²) in [5, 5.41) is 3.99. The van der Waals surface area contributed by atoms with E-state index in [1.807, 2.05) is 0 Å². The van der Waals surface area contributed by atoms with Gasteiger partial charge in [0, 0.05) is 7.05 Å². The largest absolute Gasteiger partial charge is 0.460 e. The maximum absolute atomic E-state index is 11.7. The monoisotopic (exact) mass is 240 g/mol. The number of rotatable bonds is 4. The zero-order valence-electron chi connectivity index (χ0n) is 10.1. The van der Waals surface area contributed by atoms with Gasteiger partial charge in [0.2, 0.25) is 5.91 Å². The molecule has 94 valence electrons. The van der Waals surface area contributed by atoms with Crippen molar-refractivity contribution in [3.8, 4) is 0 Å². The van der Waals surface area contributed by atoms with Gasteiger partial charge in [-0.2, -0.15) is 5.10 Å². The second-order valence-electron chi connectivity index (χ2n) is 3.87. The molecule has 1 aromatic rings. The number of carbonyl (C=O) groups excluding carboxylic acids is 2. The molecule has 0 saturated carbocycles. The van der Waals surface area contributed by atoms with E-state index < -0.39 is 17.8 Å². The lowest BCUT2D eigenvalue weighted by Gasteiger charge is -2.09. The smallest absolute Gasteiger partial charge is 0.358 e. The number of anilines is 1. The first-order valence-corrected chi connectivity index (χ1v) is 5.10. The maximum atomic E-state index is 11.7. The number of ether oxygens (including phenoxy) is 1. The molecule has 0 saturated heterocycles. The Labute approximate surface area is 98.7 Å². The molecular weight excluding hydrogens is 224 g/mol. The number of amides is 1. The molecule has 1 atom stereocenters. The molecule has 1 heterocycles. The fourth-order valence-corrected chi connectivity index (χ4v) is 1.27. The van der Waals surface area contributed by atoms with E-state index in [4.69, 9.17) is 16.2 Å². The number of primary amides is 1. The molecule has 1 aromatic heterocycles. The van der Waals surface area contributed by atoms with Crippen LogP contribution in [0.5, 0.6) is 0 Å². The SMILES string of the molecule is Cc1nn(C)c(C(=O)OCC(C)C(N)=O)c1N. The van der Waals surface area contributed by atoms with Gasteiger partial charge in [-0.05, 0) is 6.92 Å². The van der Waals surface area contributed by atoms with Crippen LogP contribution in [0.3, 0.4) is 0 Å². The van der Waals surface area contributed by atoms with Crippen molar-refractivity contribution in [3.05, 3.63) is 11.4 Å². The Bertz CT molecular complexity index is 453. The Morgan fingerprint density at radius 3 is 2.53 bits per heavy atom. The van der Waals surface area contributed by atoms with Crippen LogP contribution in [0.4, 0.5) is 5.69 Å². The van der Waals surface area contributed by atoms with Crippen LogP contribution in [-0.2, 0) is 16.6 Å². The number of nitrogens with two attached hydrogens (primary N) is 2. The van der Waals surface area contributed by atoms with Crippen molar-refractivity contribution in [1.82, 2.24) is 9.78 Å². The van der Waals surface area contributed by atoms with E-state index in [2.05, 4.69) is 5.10 Å². The number of carbonyl (C=O) groups is 2. The van der Waals surface area contributed by atoms with E-state index in [0.29, 0.717) is 5.69 Å². The van der Waals surface area contributed by atoms with Crippen LogP contribution in [0.1, 0.15) is 23.1 Å². The predicted octanol–water partition coefficient (Wildman–Crippen LogP) is -0.411. The Balaban J connectivity index is 2.74. The lowest BCUT2D eigenvalue weighted by atomic mass is 10.2. The first-order chi connectivity index (χ1) is 7.84. The van der Waals surface area contributed by atoms with Crippen LogP contribution < -0.4 is 11.5 Å². The third kappa shape index (κ3) is 2.74. The third-order valence-corrected chi connectivity index (χ3v) is 2.41. The van der Waals surface area contributed by atoms with Crippen molar-refractivity contribution >= 4 is 17.6 Å². The van der Waals surface area contributed by atoms with Crippen LogP contribution in [0.2, 0.25) is 0 Å². The highest BCUT2D eigenvalue weighted by Crippen LogP contribution is 2.16. The van der Waals surface area contributed by atoms with Gasteiger partial charge in [0.25, 0.3) is 0 Å². The third-order valence-electron chi connectivity index (χ3n) is 2.41. The number of esters is 1. The molecule has 1 unspecified atom stereocenters. The molecule has 0 aromatic carbocycles. The second kappa shape index (κ2) is 4.86. The fraction of sp³-hybridized carbons (Fsp3) is 0.500. The molecular formula is C10H16N4O3. The van der Waals surface area contributed by atoms with Gasteiger partial charge in [-0.15, -0.1) is 0 Å². The molecule has 1 rings (SSSR count). The average Bonchev–Trinajstić information content (AvgIpc) is 2.49. The van der Waals surface area contributed by atoms with Gasteiger partial charge in [0.05, 0.1) is 17.3 Å². The summed E-state index contributed by atoms with van der Waals surface area (Å²) < 4.78 is 6.29. The van der Waals surface area contributed by atoms with E-state index >= 15 is 0 Å². The molecule has 1 amide bonds. The molecule has 0 aliphatic rings. The van der Waals surface area contributed by atoms with Gasteiger partial charge < -0.3 is 16.2 Å². The van der Waals surface area contributed by atoms with Crippen molar-refractivity contribution in [1.29, 1.82) is 0 Å². The predicted molar refractivity (Wildman–Crippen MR) is 61.0 cm³/mol. The zero-order chi connectivity index (χ0) is 13.2. The van der Waals surface area contributed by atoms with Gasteiger partial charge in [0.1, 0.15) is 6.61 Å². The summed E-state index contributed by atoms with van der Waals surface area (Å²) in [6.45, 7) is 3.20. The lowest BCUT2D eigenvalue weighted by Crippen LogP contribution is -2.26. The molecule has 7 heteroatoms. The number of aryl methyl sites for hydroxylation is 2. The number of nitrogens with zero attached hydrogens (tertiary/aromatic N) is 2. The second-order valence-corrected chi connectivity index (χ2v) is 3.87. The fourth-order valence-electron chi connectivity index (χ4n) is 1.27. The Morgan fingerprint density at radius 2 is 2.12 bits per heavy atom. The Hall–Kier alpha value is -2.05. The van der Waals surface area contributed by atoms with Gasteiger partial charge >= 0.3 is 5.97 Å². The van der Waals surface area contributed by atoms with Gasteiger partial charge in [-0.1, -0.05) is 6.92 Å². The van der Waals surface area contributed by atoms with E-state index in [1.54, 1.807) is 20.9 Å². The summed E-state index contributed by atoms with van der Waals surface area (Å²) in [4.78, 5) is 22.5. The molecule has 0 aliphatic carbocycles. The summed E-state index contributed by atoms with van der Waals surface area (Å²) in [5.41, 5.74) is 11.8. The topological polar surface area (TPSA) is 113 Å². The van der Waals surface area contributed by atoms with Crippen LogP contribution in [0, 0.1) is 12.8 Å². The van der Waals surface area contributed by atoms with Gasteiger partial charge in [-0.3, -0.25) is 9.48 Å². The minimum absolute atomic E-state index is 0.0716. The zero-order valence-corrected chi connectivity index (χ0v) is 10.1. The number of nitrogen functional groups attached to an aromatic ring is 1. The highest BCUT2D eigenvalue weighted by Gasteiger charge is 2.20. The summed E-state index contributed by atoms with van der Waals surface area (Å²) >= 11 is 0.